The zero-order chi connectivity index (χ0) is 22.3. The lowest BCUT2D eigenvalue weighted by Crippen LogP contribution is -2.45. The molecular weight excluding hydrogens is 402 g/mol. The predicted molar refractivity (Wildman–Crippen MR) is 123 cm³/mol. The van der Waals surface area contributed by atoms with Crippen molar-refractivity contribution in [2.24, 2.45) is 0 Å². The maximum atomic E-state index is 13.3. The molecule has 1 atom stereocenters. The van der Waals surface area contributed by atoms with Crippen LogP contribution in [0.2, 0.25) is 0 Å². The van der Waals surface area contributed by atoms with Crippen molar-refractivity contribution >= 4 is 17.5 Å². The second kappa shape index (κ2) is 9.70. The summed E-state index contributed by atoms with van der Waals surface area (Å²) in [6, 6.07) is 23.3. The molecule has 2 amide bonds. The van der Waals surface area contributed by atoms with Crippen LogP contribution in [0.15, 0.2) is 91.5 Å². The fraction of sp³-hybridized carbons (Fsp3) is 0.120. The standard InChI is InChI=1S/C25H23N5O2/c1-18-21(13-8-14-23(18)30-17-26-16-27-30)28-25(32)22(15-19-9-4-2-5-10-19)29-24(31)20-11-6-3-7-12-20/h2-14,16-17,22H,15H2,1H3,(H,28,32)(H,29,31). The monoisotopic (exact) mass is 425 g/mol. The van der Waals surface area contributed by atoms with Crippen LogP contribution in [-0.4, -0.2) is 32.6 Å². The Bertz CT molecular complexity index is 1190. The molecule has 160 valence electrons. The molecule has 1 heterocycles. The highest BCUT2D eigenvalue weighted by Crippen LogP contribution is 2.22. The summed E-state index contributed by atoms with van der Waals surface area (Å²) in [5.41, 5.74) is 3.76. The van der Waals surface area contributed by atoms with Crippen LogP contribution in [0.3, 0.4) is 0 Å². The molecule has 0 aliphatic rings. The molecule has 7 nitrogen and oxygen atoms in total. The topological polar surface area (TPSA) is 88.9 Å². The van der Waals surface area contributed by atoms with Crippen molar-refractivity contribution in [3.63, 3.8) is 0 Å². The summed E-state index contributed by atoms with van der Waals surface area (Å²) in [6.07, 6.45) is 3.43. The van der Waals surface area contributed by atoms with Gasteiger partial charge >= 0.3 is 0 Å². The van der Waals surface area contributed by atoms with Crippen molar-refractivity contribution in [2.75, 3.05) is 5.32 Å². The zero-order valence-electron chi connectivity index (χ0n) is 17.6. The summed E-state index contributed by atoms with van der Waals surface area (Å²) in [5.74, 6) is -0.591. The van der Waals surface area contributed by atoms with E-state index in [1.807, 2.05) is 61.5 Å². The minimum absolute atomic E-state index is 0.294. The Balaban J connectivity index is 1.57. The average Bonchev–Trinajstić information content (AvgIpc) is 3.36. The lowest BCUT2D eigenvalue weighted by molar-refractivity contribution is -0.118. The van der Waals surface area contributed by atoms with Crippen molar-refractivity contribution in [3.8, 4) is 5.69 Å². The summed E-state index contributed by atoms with van der Waals surface area (Å²) in [4.78, 5) is 30.0. The number of rotatable bonds is 7. The first-order valence-electron chi connectivity index (χ1n) is 10.3. The number of hydrogen-bond donors (Lipinski definition) is 2. The van der Waals surface area contributed by atoms with Crippen LogP contribution < -0.4 is 10.6 Å². The Hall–Kier alpha value is -4.26. The molecule has 0 radical (unpaired) electrons. The second-order valence-electron chi connectivity index (χ2n) is 7.36. The number of nitrogens with zero attached hydrogens (tertiary/aromatic N) is 3. The van der Waals surface area contributed by atoms with E-state index in [0.717, 1.165) is 16.8 Å². The Morgan fingerprint density at radius 3 is 2.34 bits per heavy atom. The van der Waals surface area contributed by atoms with Crippen LogP contribution in [0.4, 0.5) is 5.69 Å². The third-order valence-electron chi connectivity index (χ3n) is 5.17. The molecule has 2 N–H and O–H groups in total. The molecule has 4 aromatic rings. The lowest BCUT2D eigenvalue weighted by Gasteiger charge is -2.20. The van der Waals surface area contributed by atoms with Crippen LogP contribution in [-0.2, 0) is 11.2 Å². The highest BCUT2D eigenvalue weighted by Gasteiger charge is 2.23. The number of hydrogen-bond acceptors (Lipinski definition) is 4. The van der Waals surface area contributed by atoms with E-state index in [2.05, 4.69) is 20.7 Å². The largest absolute Gasteiger partial charge is 0.340 e. The Labute approximate surface area is 186 Å². The molecule has 0 bridgehead atoms. The van der Waals surface area contributed by atoms with Gasteiger partial charge < -0.3 is 10.6 Å². The molecule has 1 aromatic heterocycles. The Morgan fingerprint density at radius 2 is 1.66 bits per heavy atom. The maximum Gasteiger partial charge on any atom is 0.251 e. The number of benzene rings is 3. The van der Waals surface area contributed by atoms with Gasteiger partial charge in [-0.25, -0.2) is 9.67 Å². The van der Waals surface area contributed by atoms with Crippen LogP contribution in [0, 0.1) is 6.92 Å². The minimum Gasteiger partial charge on any atom is -0.340 e. The van der Waals surface area contributed by atoms with Crippen LogP contribution >= 0.6 is 0 Å². The van der Waals surface area contributed by atoms with Gasteiger partial charge in [0.2, 0.25) is 5.91 Å². The van der Waals surface area contributed by atoms with Crippen molar-refractivity contribution in [2.45, 2.75) is 19.4 Å². The molecule has 0 aliphatic heterocycles. The van der Waals surface area contributed by atoms with Crippen molar-refractivity contribution in [3.05, 3.63) is 108 Å². The van der Waals surface area contributed by atoms with Gasteiger partial charge in [-0.1, -0.05) is 54.6 Å². The van der Waals surface area contributed by atoms with Gasteiger partial charge in [-0.05, 0) is 42.3 Å². The van der Waals surface area contributed by atoms with Crippen molar-refractivity contribution in [1.82, 2.24) is 20.1 Å². The normalized spacial score (nSPS) is 11.5. The van der Waals surface area contributed by atoms with E-state index >= 15 is 0 Å². The van der Waals surface area contributed by atoms with Gasteiger partial charge in [0.05, 0.1) is 5.69 Å². The van der Waals surface area contributed by atoms with E-state index in [1.165, 1.54) is 6.33 Å². The molecule has 4 rings (SSSR count). The van der Waals surface area contributed by atoms with Gasteiger partial charge in [0.1, 0.15) is 18.7 Å². The highest BCUT2D eigenvalue weighted by atomic mass is 16.2. The molecule has 7 heteroatoms. The first kappa shape index (κ1) is 21.0. The van der Waals surface area contributed by atoms with Crippen LogP contribution in [0.5, 0.6) is 0 Å². The summed E-state index contributed by atoms with van der Waals surface area (Å²) < 4.78 is 1.64. The molecule has 3 aromatic carbocycles. The molecule has 0 fully saturated rings. The number of carbonyl (C=O) groups excluding carboxylic acids is 2. The van der Waals surface area contributed by atoms with E-state index in [1.54, 1.807) is 35.3 Å². The number of nitrogens with one attached hydrogen (secondary N) is 2. The van der Waals surface area contributed by atoms with Gasteiger partial charge in [-0.2, -0.15) is 5.10 Å². The average molecular weight is 425 g/mol. The quantitative estimate of drug-likeness (QED) is 0.474. The fourth-order valence-corrected chi connectivity index (χ4v) is 3.45. The van der Waals surface area contributed by atoms with Crippen LogP contribution in [0.25, 0.3) is 5.69 Å². The molecule has 0 spiro atoms. The molecule has 0 aliphatic carbocycles. The minimum atomic E-state index is -0.750. The Morgan fingerprint density at radius 1 is 0.938 bits per heavy atom. The number of anilines is 1. The van der Waals surface area contributed by atoms with Crippen LogP contribution in [0.1, 0.15) is 21.5 Å². The van der Waals surface area contributed by atoms with Crippen molar-refractivity contribution in [1.29, 1.82) is 0 Å². The summed E-state index contributed by atoms with van der Waals surface area (Å²) >= 11 is 0. The highest BCUT2D eigenvalue weighted by molar-refractivity contribution is 6.01. The fourth-order valence-electron chi connectivity index (χ4n) is 3.45. The van der Waals surface area contributed by atoms with Gasteiger partial charge in [-0.3, -0.25) is 9.59 Å². The third kappa shape index (κ3) is 4.89. The smallest absolute Gasteiger partial charge is 0.251 e. The molecule has 0 saturated heterocycles. The number of aromatic nitrogens is 3. The molecule has 0 saturated carbocycles. The summed E-state index contributed by atoms with van der Waals surface area (Å²) in [7, 11) is 0. The zero-order valence-corrected chi connectivity index (χ0v) is 17.6. The molecule has 32 heavy (non-hydrogen) atoms. The predicted octanol–water partition coefficient (Wildman–Crippen LogP) is 3.56. The summed E-state index contributed by atoms with van der Waals surface area (Å²) in [5, 5.41) is 10.0. The molecular formula is C25H23N5O2. The first-order valence-corrected chi connectivity index (χ1v) is 10.3. The number of carbonyl (C=O) groups is 2. The van der Waals surface area contributed by atoms with Crippen molar-refractivity contribution < 1.29 is 9.59 Å². The van der Waals surface area contributed by atoms with E-state index in [0.29, 0.717) is 17.7 Å². The van der Waals surface area contributed by atoms with Gasteiger partial charge in [0.15, 0.2) is 0 Å². The first-order chi connectivity index (χ1) is 15.6. The van der Waals surface area contributed by atoms with E-state index in [9.17, 15) is 9.59 Å². The summed E-state index contributed by atoms with van der Waals surface area (Å²) in [6.45, 7) is 1.90. The van der Waals surface area contributed by atoms with E-state index in [-0.39, 0.29) is 11.8 Å². The lowest BCUT2D eigenvalue weighted by atomic mass is 10.0. The van der Waals surface area contributed by atoms with Gasteiger partial charge in [0.25, 0.3) is 5.91 Å². The van der Waals surface area contributed by atoms with Gasteiger partial charge in [0, 0.05) is 17.7 Å². The SMILES string of the molecule is Cc1c(NC(=O)C(Cc2ccccc2)NC(=O)c2ccccc2)cccc1-n1cncn1. The van der Waals surface area contributed by atoms with E-state index < -0.39 is 6.04 Å². The van der Waals surface area contributed by atoms with E-state index in [4.69, 9.17) is 0 Å². The third-order valence-corrected chi connectivity index (χ3v) is 5.17. The Kier molecular flexibility index (Phi) is 6.36. The maximum absolute atomic E-state index is 13.3. The number of amides is 2. The van der Waals surface area contributed by atoms with Gasteiger partial charge in [-0.15, -0.1) is 0 Å². The molecule has 1 unspecified atom stereocenters. The second-order valence-corrected chi connectivity index (χ2v) is 7.36.